The first-order valence-corrected chi connectivity index (χ1v) is 7.71. The molecule has 0 spiro atoms. The number of hydrogen-bond donors (Lipinski definition) is 1. The van der Waals surface area contributed by atoms with Crippen molar-refractivity contribution in [3.8, 4) is 0 Å². The first-order valence-electron chi connectivity index (χ1n) is 7.71. The summed E-state index contributed by atoms with van der Waals surface area (Å²) in [6, 6.07) is 8.91. The predicted octanol–water partition coefficient (Wildman–Crippen LogP) is 1.96. The quantitative estimate of drug-likeness (QED) is 0.799. The van der Waals surface area contributed by atoms with Crippen LogP contribution in [0.5, 0.6) is 0 Å². The van der Waals surface area contributed by atoms with E-state index in [1.807, 2.05) is 12.1 Å². The highest BCUT2D eigenvalue weighted by Crippen LogP contribution is 2.09. The van der Waals surface area contributed by atoms with Crippen molar-refractivity contribution in [3.63, 3.8) is 0 Å². The number of anilines is 1. The number of hydrogen-bond acceptors (Lipinski definition) is 5. The number of benzene rings is 1. The van der Waals surface area contributed by atoms with Crippen molar-refractivity contribution in [2.45, 2.75) is 13.3 Å². The molecule has 24 heavy (non-hydrogen) atoms. The molecule has 1 N–H and O–H groups in total. The molecule has 2 aromatic rings. The van der Waals surface area contributed by atoms with Crippen LogP contribution in [0.3, 0.4) is 0 Å². The fraction of sp³-hybridized carbons (Fsp3) is 0.353. The van der Waals surface area contributed by atoms with Gasteiger partial charge < -0.3 is 19.5 Å². The second-order valence-corrected chi connectivity index (χ2v) is 5.20. The van der Waals surface area contributed by atoms with Crippen LogP contribution in [0.4, 0.5) is 5.82 Å². The lowest BCUT2D eigenvalue weighted by atomic mass is 10.1. The molecule has 0 aliphatic rings. The zero-order valence-corrected chi connectivity index (χ0v) is 13.8. The van der Waals surface area contributed by atoms with Crippen molar-refractivity contribution in [1.82, 2.24) is 10.1 Å². The highest BCUT2D eigenvalue weighted by Gasteiger charge is 2.19. The summed E-state index contributed by atoms with van der Waals surface area (Å²) in [4.78, 5) is 26.2. The first-order chi connectivity index (χ1) is 11.6. The van der Waals surface area contributed by atoms with Gasteiger partial charge in [-0.2, -0.15) is 0 Å². The van der Waals surface area contributed by atoms with E-state index < -0.39 is 0 Å². The van der Waals surface area contributed by atoms with Gasteiger partial charge in [0.05, 0.1) is 6.61 Å². The van der Waals surface area contributed by atoms with E-state index in [0.717, 1.165) is 12.0 Å². The summed E-state index contributed by atoms with van der Waals surface area (Å²) < 4.78 is 9.69. The molecule has 2 rings (SSSR count). The number of carbonyl (C=O) groups is 2. The first kappa shape index (κ1) is 17.7. The molecule has 128 valence electrons. The minimum atomic E-state index is -0.349. The number of rotatable bonds is 8. The van der Waals surface area contributed by atoms with Crippen LogP contribution in [0.2, 0.25) is 0 Å². The van der Waals surface area contributed by atoms with Gasteiger partial charge in [-0.25, -0.2) is 0 Å². The van der Waals surface area contributed by atoms with E-state index >= 15 is 0 Å². The fourth-order valence-electron chi connectivity index (χ4n) is 2.15. The number of nitrogens with zero attached hydrogens (tertiary/aromatic N) is 2. The zero-order chi connectivity index (χ0) is 17.4. The minimum Gasteiger partial charge on any atom is -0.383 e. The summed E-state index contributed by atoms with van der Waals surface area (Å²) in [7, 11) is 1.55. The number of nitrogens with one attached hydrogen (secondary N) is 1. The Hall–Kier alpha value is -2.67. The minimum absolute atomic E-state index is 0.0927. The Kier molecular flexibility index (Phi) is 6.51. The van der Waals surface area contributed by atoms with Crippen LogP contribution in [-0.4, -0.2) is 48.7 Å². The number of amides is 2. The van der Waals surface area contributed by atoms with Gasteiger partial charge in [0.2, 0.25) is 5.91 Å². The molecule has 0 saturated heterocycles. The summed E-state index contributed by atoms with van der Waals surface area (Å²) in [5, 5.41) is 6.19. The summed E-state index contributed by atoms with van der Waals surface area (Å²) in [5.74, 6) is -0.255. The van der Waals surface area contributed by atoms with Gasteiger partial charge in [-0.1, -0.05) is 24.2 Å². The van der Waals surface area contributed by atoms with E-state index in [1.165, 1.54) is 17.2 Å². The van der Waals surface area contributed by atoms with Gasteiger partial charge in [0.15, 0.2) is 5.82 Å². The Morgan fingerprint density at radius 2 is 2.00 bits per heavy atom. The maximum atomic E-state index is 12.6. The standard InChI is InChI=1S/C17H21N3O4/c1-3-13-4-6-14(7-5-13)17(22)20(9-11-23-2)12-16(21)18-15-8-10-24-19-15/h4-8,10H,3,9,11-12H2,1-2H3,(H,18,19,21). The molecule has 0 radical (unpaired) electrons. The number of methoxy groups -OCH3 is 1. The predicted molar refractivity (Wildman–Crippen MR) is 88.7 cm³/mol. The maximum absolute atomic E-state index is 12.6. The second kappa shape index (κ2) is 8.83. The fourth-order valence-corrected chi connectivity index (χ4v) is 2.15. The highest BCUT2D eigenvalue weighted by molar-refractivity contribution is 5.99. The number of ether oxygens (including phenoxy) is 1. The van der Waals surface area contributed by atoms with Gasteiger partial charge in [0, 0.05) is 25.3 Å². The van der Waals surface area contributed by atoms with Crippen LogP contribution in [-0.2, 0) is 16.0 Å². The summed E-state index contributed by atoms with van der Waals surface area (Å²) in [6.45, 7) is 2.62. The third-order valence-corrected chi connectivity index (χ3v) is 3.50. The van der Waals surface area contributed by atoms with Crippen LogP contribution >= 0.6 is 0 Å². The third-order valence-electron chi connectivity index (χ3n) is 3.50. The molecule has 0 saturated carbocycles. The van der Waals surface area contributed by atoms with E-state index in [2.05, 4.69) is 21.9 Å². The SMILES string of the molecule is CCc1ccc(C(=O)N(CCOC)CC(=O)Nc2ccon2)cc1. The van der Waals surface area contributed by atoms with Gasteiger partial charge in [0.1, 0.15) is 12.8 Å². The Morgan fingerprint density at radius 1 is 1.25 bits per heavy atom. The molecule has 0 fully saturated rings. The largest absolute Gasteiger partial charge is 0.383 e. The third kappa shape index (κ3) is 4.92. The zero-order valence-electron chi connectivity index (χ0n) is 13.8. The maximum Gasteiger partial charge on any atom is 0.254 e. The highest BCUT2D eigenvalue weighted by atomic mass is 16.5. The van der Waals surface area contributed by atoms with E-state index in [4.69, 9.17) is 4.74 Å². The molecule has 7 nitrogen and oxygen atoms in total. The number of aryl methyl sites for hydroxylation is 1. The van der Waals surface area contributed by atoms with E-state index in [0.29, 0.717) is 24.5 Å². The monoisotopic (exact) mass is 331 g/mol. The normalized spacial score (nSPS) is 10.4. The van der Waals surface area contributed by atoms with Gasteiger partial charge in [-0.15, -0.1) is 0 Å². The lowest BCUT2D eigenvalue weighted by Crippen LogP contribution is -2.40. The Morgan fingerprint density at radius 3 is 2.58 bits per heavy atom. The van der Waals surface area contributed by atoms with Crippen molar-refractivity contribution >= 4 is 17.6 Å². The summed E-state index contributed by atoms with van der Waals surface area (Å²) >= 11 is 0. The van der Waals surface area contributed by atoms with Crippen LogP contribution in [0, 0.1) is 0 Å². The van der Waals surface area contributed by atoms with Crippen LogP contribution in [0.25, 0.3) is 0 Å². The number of aromatic nitrogens is 1. The van der Waals surface area contributed by atoms with Crippen LogP contribution in [0.1, 0.15) is 22.8 Å². The van der Waals surface area contributed by atoms with Crippen molar-refractivity contribution in [2.24, 2.45) is 0 Å². The van der Waals surface area contributed by atoms with E-state index in [1.54, 1.807) is 19.2 Å². The lowest BCUT2D eigenvalue weighted by Gasteiger charge is -2.21. The Balaban J connectivity index is 2.05. The summed E-state index contributed by atoms with van der Waals surface area (Å²) in [6.07, 6.45) is 2.26. The lowest BCUT2D eigenvalue weighted by molar-refractivity contribution is -0.117. The van der Waals surface area contributed by atoms with Gasteiger partial charge in [-0.05, 0) is 24.1 Å². The molecule has 1 heterocycles. The smallest absolute Gasteiger partial charge is 0.254 e. The van der Waals surface area contributed by atoms with Crippen molar-refractivity contribution in [2.75, 3.05) is 32.1 Å². The molecule has 0 aliphatic carbocycles. The molecule has 0 atom stereocenters. The van der Waals surface area contributed by atoms with Gasteiger partial charge >= 0.3 is 0 Å². The second-order valence-electron chi connectivity index (χ2n) is 5.20. The van der Waals surface area contributed by atoms with Crippen molar-refractivity contribution in [3.05, 3.63) is 47.7 Å². The average molecular weight is 331 g/mol. The molecule has 1 aromatic heterocycles. The van der Waals surface area contributed by atoms with E-state index in [-0.39, 0.29) is 18.4 Å². The van der Waals surface area contributed by atoms with Crippen LogP contribution < -0.4 is 5.32 Å². The van der Waals surface area contributed by atoms with E-state index in [9.17, 15) is 9.59 Å². The molecule has 0 unspecified atom stereocenters. The average Bonchev–Trinajstić information content (AvgIpc) is 3.11. The molecule has 1 aromatic carbocycles. The molecule has 0 aliphatic heterocycles. The topological polar surface area (TPSA) is 84.7 Å². The molecule has 7 heteroatoms. The summed E-state index contributed by atoms with van der Waals surface area (Å²) in [5.41, 5.74) is 1.69. The van der Waals surface area contributed by atoms with Crippen molar-refractivity contribution < 1.29 is 18.8 Å². The molecular formula is C17H21N3O4. The number of carbonyl (C=O) groups excluding carboxylic acids is 2. The van der Waals surface area contributed by atoms with Crippen LogP contribution in [0.15, 0.2) is 41.1 Å². The molecular weight excluding hydrogens is 310 g/mol. The Labute approximate surface area is 140 Å². The van der Waals surface area contributed by atoms with Gasteiger partial charge in [-0.3, -0.25) is 9.59 Å². The molecule has 0 bridgehead atoms. The molecule has 2 amide bonds. The van der Waals surface area contributed by atoms with Crippen molar-refractivity contribution in [1.29, 1.82) is 0 Å². The van der Waals surface area contributed by atoms with Gasteiger partial charge in [0.25, 0.3) is 5.91 Å². The Bertz CT molecular complexity index is 653.